The number of hydrogen-bond donors (Lipinski definition) is 4. The first-order valence-corrected chi connectivity index (χ1v) is 10.6. The molecule has 1 aliphatic heterocycles. The number of nitrogens with two attached hydrogens (primary N) is 2. The maximum absolute atomic E-state index is 5.51. The molecule has 0 spiro atoms. The van der Waals surface area contributed by atoms with Crippen molar-refractivity contribution < 1.29 is 0 Å². The summed E-state index contributed by atoms with van der Waals surface area (Å²) in [6.45, 7) is 6.64. The summed E-state index contributed by atoms with van der Waals surface area (Å²) < 4.78 is 0. The first-order chi connectivity index (χ1) is 14.5. The number of aromatic nitrogens is 1. The third-order valence-electron chi connectivity index (χ3n) is 6.68. The normalized spacial score (nSPS) is 20.6. The van der Waals surface area contributed by atoms with E-state index in [1.165, 1.54) is 39.6 Å². The molecule has 4 rings (SSSR count). The lowest BCUT2D eigenvalue weighted by Gasteiger charge is -2.37. The number of fused-ring (bicyclic) bond motifs is 1. The van der Waals surface area contributed by atoms with E-state index < -0.39 is 0 Å². The van der Waals surface area contributed by atoms with Crippen LogP contribution in [0.4, 0.5) is 0 Å². The first kappa shape index (κ1) is 20.4. The minimum Gasteiger partial charge on any atom is -0.361 e. The first-order valence-electron chi connectivity index (χ1n) is 10.6. The number of nitrogens with zero attached hydrogens (tertiary/aromatic N) is 2. The van der Waals surface area contributed by atoms with Crippen molar-refractivity contribution in [3.05, 3.63) is 70.4 Å². The minimum atomic E-state index is 0.483. The molecule has 2 aromatic carbocycles. The fraction of sp³-hybridized carbons (Fsp3) is 0.375. The van der Waals surface area contributed by atoms with Crippen LogP contribution in [0.2, 0.25) is 0 Å². The quantitative estimate of drug-likeness (QED) is 0.232. The van der Waals surface area contributed by atoms with Crippen LogP contribution in [0.25, 0.3) is 10.9 Å². The number of hydrogen-bond acceptors (Lipinski definition) is 4. The highest BCUT2D eigenvalue weighted by molar-refractivity contribution is 5.98. The van der Waals surface area contributed by atoms with E-state index in [9.17, 15) is 0 Å². The highest BCUT2D eigenvalue weighted by Gasteiger charge is 2.30. The van der Waals surface area contributed by atoms with Crippen LogP contribution in [0.1, 0.15) is 40.2 Å². The molecule has 1 fully saturated rings. The molecule has 6 heteroatoms. The summed E-state index contributed by atoms with van der Waals surface area (Å²) in [6.07, 6.45) is 4.36. The molecule has 1 aliphatic rings. The number of hydrazone groups is 1. The van der Waals surface area contributed by atoms with Crippen LogP contribution in [0.5, 0.6) is 0 Å². The molecule has 2 atom stereocenters. The molecule has 3 aromatic rings. The van der Waals surface area contributed by atoms with Gasteiger partial charge in [-0.05, 0) is 80.4 Å². The van der Waals surface area contributed by atoms with Crippen molar-refractivity contribution in [2.75, 3.05) is 20.1 Å². The maximum Gasteiger partial charge on any atom is 0.166 e. The summed E-state index contributed by atoms with van der Waals surface area (Å²) in [6, 6.07) is 13.0. The number of amidine groups is 1. The van der Waals surface area contributed by atoms with Gasteiger partial charge in [0.1, 0.15) is 0 Å². The fourth-order valence-corrected chi connectivity index (χ4v) is 5.05. The van der Waals surface area contributed by atoms with Gasteiger partial charge in [-0.25, -0.2) is 5.84 Å². The summed E-state index contributed by atoms with van der Waals surface area (Å²) in [7, 11) is 2.22. The van der Waals surface area contributed by atoms with Gasteiger partial charge >= 0.3 is 0 Å². The monoisotopic (exact) mass is 404 g/mol. The molecular formula is C24H32N6. The zero-order chi connectivity index (χ0) is 21.3. The molecule has 0 radical (unpaired) electrons. The smallest absolute Gasteiger partial charge is 0.166 e. The second-order valence-corrected chi connectivity index (χ2v) is 8.62. The molecule has 30 heavy (non-hydrogen) atoms. The SMILES string of the molecule is Cc1cc(C)c2[nH]ccc2c1CC1CCN(C)C[C@H]1c1ccc(/C(=N/N)NN)cc1. The lowest BCUT2D eigenvalue weighted by Crippen LogP contribution is -2.37. The molecule has 6 nitrogen and oxygen atoms in total. The average Bonchev–Trinajstić information content (AvgIpc) is 3.24. The number of aromatic amines is 1. The highest BCUT2D eigenvalue weighted by Crippen LogP contribution is 2.37. The van der Waals surface area contributed by atoms with E-state index in [0.717, 1.165) is 25.1 Å². The Morgan fingerprint density at radius 3 is 2.67 bits per heavy atom. The zero-order valence-electron chi connectivity index (χ0n) is 18.1. The van der Waals surface area contributed by atoms with Crippen LogP contribution < -0.4 is 17.1 Å². The van der Waals surface area contributed by atoms with Gasteiger partial charge in [0.2, 0.25) is 0 Å². The predicted molar refractivity (Wildman–Crippen MR) is 124 cm³/mol. The Balaban J connectivity index is 1.65. The lowest BCUT2D eigenvalue weighted by atomic mass is 9.76. The Labute approximate surface area is 178 Å². The van der Waals surface area contributed by atoms with E-state index in [1.807, 2.05) is 12.1 Å². The van der Waals surface area contributed by atoms with Crippen molar-refractivity contribution >= 4 is 16.7 Å². The van der Waals surface area contributed by atoms with Crippen molar-refractivity contribution in [3.8, 4) is 0 Å². The number of piperidine rings is 1. The Kier molecular flexibility index (Phi) is 5.79. The van der Waals surface area contributed by atoms with Crippen LogP contribution in [0.3, 0.4) is 0 Å². The van der Waals surface area contributed by atoms with E-state index >= 15 is 0 Å². The van der Waals surface area contributed by atoms with Crippen molar-refractivity contribution in [1.29, 1.82) is 0 Å². The van der Waals surface area contributed by atoms with Crippen molar-refractivity contribution in [3.63, 3.8) is 0 Å². The number of H-pyrrole nitrogens is 1. The van der Waals surface area contributed by atoms with Gasteiger partial charge < -0.3 is 21.2 Å². The van der Waals surface area contributed by atoms with E-state index in [-0.39, 0.29) is 0 Å². The lowest BCUT2D eigenvalue weighted by molar-refractivity contribution is 0.188. The molecule has 158 valence electrons. The molecule has 6 N–H and O–H groups in total. The second kappa shape index (κ2) is 8.50. The van der Waals surface area contributed by atoms with E-state index in [4.69, 9.17) is 11.7 Å². The zero-order valence-corrected chi connectivity index (χ0v) is 18.1. The molecule has 0 amide bonds. The number of hydrazine groups is 1. The van der Waals surface area contributed by atoms with Crippen molar-refractivity contribution in [2.24, 2.45) is 22.7 Å². The standard InChI is InChI=1S/C24H32N6/c1-15-12-16(2)23-20(8-10-27-23)21(15)13-19-9-11-30(3)14-22(19)17-4-6-18(7-5-17)24(28-25)29-26/h4-8,10,12,19,22,27H,9,11,13-14,25-26H2,1-3H3,(H,28,29)/t19?,22-/m0/s1. The van der Waals surface area contributed by atoms with Crippen molar-refractivity contribution in [2.45, 2.75) is 32.6 Å². The van der Waals surface area contributed by atoms with Gasteiger partial charge in [0.05, 0.1) is 0 Å². The minimum absolute atomic E-state index is 0.483. The molecule has 1 aromatic heterocycles. The molecular weight excluding hydrogens is 372 g/mol. The number of nitrogens with one attached hydrogen (secondary N) is 2. The topological polar surface area (TPSA) is 95.5 Å². The Bertz CT molecular complexity index is 1050. The van der Waals surface area contributed by atoms with Gasteiger partial charge in [-0.2, -0.15) is 5.10 Å². The van der Waals surface area contributed by atoms with E-state index in [0.29, 0.717) is 17.7 Å². The van der Waals surface area contributed by atoms with E-state index in [1.54, 1.807) is 0 Å². The van der Waals surface area contributed by atoms with Gasteiger partial charge in [0, 0.05) is 29.2 Å². The maximum atomic E-state index is 5.51. The molecule has 0 bridgehead atoms. The van der Waals surface area contributed by atoms with Crippen molar-refractivity contribution in [1.82, 2.24) is 15.3 Å². The van der Waals surface area contributed by atoms with Crippen LogP contribution in [-0.2, 0) is 6.42 Å². The summed E-state index contributed by atoms with van der Waals surface area (Å²) in [5, 5.41) is 5.09. The van der Waals surface area contributed by atoms with Crippen LogP contribution in [0.15, 0.2) is 47.7 Å². The van der Waals surface area contributed by atoms with Gasteiger partial charge in [-0.3, -0.25) is 0 Å². The van der Waals surface area contributed by atoms with Gasteiger partial charge in [0.25, 0.3) is 0 Å². The number of benzene rings is 2. The number of likely N-dealkylation sites (tertiary alicyclic amines) is 1. The van der Waals surface area contributed by atoms with Crippen LogP contribution >= 0.6 is 0 Å². The molecule has 2 heterocycles. The number of aryl methyl sites for hydroxylation is 2. The Hall–Kier alpha value is -2.83. The summed E-state index contributed by atoms with van der Waals surface area (Å²) in [5.74, 6) is 12.5. The highest BCUT2D eigenvalue weighted by atomic mass is 15.3. The summed E-state index contributed by atoms with van der Waals surface area (Å²) in [4.78, 5) is 5.87. The Morgan fingerprint density at radius 1 is 1.20 bits per heavy atom. The third kappa shape index (κ3) is 3.80. The molecule has 0 saturated carbocycles. The second-order valence-electron chi connectivity index (χ2n) is 8.62. The average molecular weight is 405 g/mol. The van der Waals surface area contributed by atoms with Gasteiger partial charge in [-0.15, -0.1) is 0 Å². The molecule has 1 saturated heterocycles. The third-order valence-corrected chi connectivity index (χ3v) is 6.68. The summed E-state index contributed by atoms with van der Waals surface area (Å²) >= 11 is 0. The van der Waals surface area contributed by atoms with Gasteiger partial charge in [-0.1, -0.05) is 30.3 Å². The Morgan fingerprint density at radius 2 is 1.97 bits per heavy atom. The largest absolute Gasteiger partial charge is 0.361 e. The van der Waals surface area contributed by atoms with E-state index in [2.05, 4.69) is 71.8 Å². The van der Waals surface area contributed by atoms with Crippen LogP contribution in [-0.4, -0.2) is 35.9 Å². The van der Waals surface area contributed by atoms with Crippen LogP contribution in [0, 0.1) is 19.8 Å². The fourth-order valence-electron chi connectivity index (χ4n) is 5.05. The molecule has 0 aliphatic carbocycles. The van der Waals surface area contributed by atoms with Gasteiger partial charge in [0.15, 0.2) is 5.84 Å². The number of rotatable bonds is 4. The number of likely N-dealkylation sites (N-methyl/N-ethyl adjacent to an activating group) is 1. The predicted octanol–water partition coefficient (Wildman–Crippen LogP) is 3.15. The summed E-state index contributed by atoms with van der Waals surface area (Å²) in [5.41, 5.74) is 10.3. The molecule has 1 unspecified atom stereocenters.